The number of nitrogens with one attached hydrogen (secondary N) is 1. The summed E-state index contributed by atoms with van der Waals surface area (Å²) < 4.78 is 10.2. The van der Waals surface area contributed by atoms with Crippen LogP contribution in [-0.4, -0.2) is 54.9 Å². The Morgan fingerprint density at radius 3 is 2.52 bits per heavy atom. The molecular formula is C19H24N2O6. The molecule has 8 heteroatoms. The van der Waals surface area contributed by atoms with Gasteiger partial charge in [0, 0.05) is 13.0 Å². The molecule has 0 unspecified atom stereocenters. The average Bonchev–Trinajstić information content (AvgIpc) is 3.09. The van der Waals surface area contributed by atoms with Crippen molar-refractivity contribution in [3.8, 4) is 5.75 Å². The Morgan fingerprint density at radius 1 is 1.22 bits per heavy atom. The molecule has 0 saturated carbocycles. The fraction of sp³-hybridized carbons (Fsp3) is 0.474. The van der Waals surface area contributed by atoms with E-state index in [0.29, 0.717) is 25.1 Å². The van der Waals surface area contributed by atoms with Crippen molar-refractivity contribution >= 4 is 23.7 Å². The maximum Gasteiger partial charge on any atom is 0.329 e. The summed E-state index contributed by atoms with van der Waals surface area (Å²) >= 11 is 0. The van der Waals surface area contributed by atoms with E-state index in [-0.39, 0.29) is 17.4 Å². The topological polar surface area (TPSA) is 102 Å². The number of nitrogens with zero attached hydrogens (tertiary/aromatic N) is 1. The first-order valence-electron chi connectivity index (χ1n) is 8.78. The van der Waals surface area contributed by atoms with Crippen LogP contribution in [0.3, 0.4) is 0 Å². The molecule has 1 aromatic rings. The Morgan fingerprint density at radius 2 is 1.93 bits per heavy atom. The summed E-state index contributed by atoms with van der Waals surface area (Å²) in [5.74, 6) is -1.91. The molecule has 2 rings (SSSR count). The van der Waals surface area contributed by atoms with Gasteiger partial charge in [-0.1, -0.05) is 26.0 Å². The van der Waals surface area contributed by atoms with E-state index < -0.39 is 30.4 Å². The lowest BCUT2D eigenvalue weighted by molar-refractivity contribution is -0.156. The SMILES string of the molecule is COc1ccccc1C(=O)N[C@H](C(=O)OCC(=O)N1CCCC1=O)C(C)C. The highest BCUT2D eigenvalue weighted by Crippen LogP contribution is 2.18. The highest BCUT2D eigenvalue weighted by atomic mass is 16.5. The molecule has 1 fully saturated rings. The number of carbonyl (C=O) groups is 4. The molecule has 146 valence electrons. The van der Waals surface area contributed by atoms with E-state index in [1.54, 1.807) is 38.1 Å². The molecular weight excluding hydrogens is 352 g/mol. The van der Waals surface area contributed by atoms with Crippen LogP contribution < -0.4 is 10.1 Å². The largest absolute Gasteiger partial charge is 0.496 e. The number of methoxy groups -OCH3 is 1. The highest BCUT2D eigenvalue weighted by Gasteiger charge is 2.30. The van der Waals surface area contributed by atoms with Crippen molar-refractivity contribution in [2.45, 2.75) is 32.7 Å². The van der Waals surface area contributed by atoms with Crippen molar-refractivity contribution < 1.29 is 28.7 Å². The summed E-state index contributed by atoms with van der Waals surface area (Å²) in [4.78, 5) is 49.6. The first-order valence-corrected chi connectivity index (χ1v) is 8.78. The smallest absolute Gasteiger partial charge is 0.329 e. The number of para-hydroxylation sites is 1. The van der Waals surface area contributed by atoms with Crippen molar-refractivity contribution in [2.75, 3.05) is 20.3 Å². The second-order valence-corrected chi connectivity index (χ2v) is 6.55. The Bertz CT molecular complexity index is 731. The summed E-state index contributed by atoms with van der Waals surface area (Å²) in [7, 11) is 1.45. The minimum absolute atomic E-state index is 0.263. The average molecular weight is 376 g/mol. The summed E-state index contributed by atoms with van der Waals surface area (Å²) in [6, 6.07) is 5.70. The molecule has 0 spiro atoms. The number of esters is 1. The minimum atomic E-state index is -0.940. The van der Waals surface area contributed by atoms with Gasteiger partial charge in [-0.2, -0.15) is 0 Å². The Hall–Kier alpha value is -2.90. The van der Waals surface area contributed by atoms with E-state index >= 15 is 0 Å². The molecule has 27 heavy (non-hydrogen) atoms. The predicted octanol–water partition coefficient (Wildman–Crippen LogP) is 1.14. The summed E-state index contributed by atoms with van der Waals surface area (Å²) in [5.41, 5.74) is 0.289. The molecule has 1 atom stereocenters. The maximum atomic E-state index is 12.5. The molecule has 0 bridgehead atoms. The zero-order chi connectivity index (χ0) is 20.0. The van der Waals surface area contributed by atoms with Crippen LogP contribution in [0.1, 0.15) is 37.0 Å². The zero-order valence-electron chi connectivity index (χ0n) is 15.7. The first kappa shape index (κ1) is 20.4. The van der Waals surface area contributed by atoms with Crippen LogP contribution in [0.2, 0.25) is 0 Å². The molecule has 0 aliphatic carbocycles. The van der Waals surface area contributed by atoms with Gasteiger partial charge in [0.2, 0.25) is 5.91 Å². The Balaban J connectivity index is 1.99. The number of amides is 3. The lowest BCUT2D eigenvalue weighted by Crippen LogP contribution is -2.46. The number of likely N-dealkylation sites (tertiary alicyclic amines) is 1. The van der Waals surface area contributed by atoms with Gasteiger partial charge in [-0.3, -0.25) is 19.3 Å². The van der Waals surface area contributed by atoms with Crippen LogP contribution in [-0.2, 0) is 19.1 Å². The van der Waals surface area contributed by atoms with Crippen molar-refractivity contribution in [1.29, 1.82) is 0 Å². The molecule has 1 N–H and O–H groups in total. The van der Waals surface area contributed by atoms with E-state index in [4.69, 9.17) is 9.47 Å². The third-order valence-corrected chi connectivity index (χ3v) is 4.27. The molecule has 0 radical (unpaired) electrons. The Kier molecular flexibility index (Phi) is 6.92. The number of ether oxygens (including phenoxy) is 2. The minimum Gasteiger partial charge on any atom is -0.496 e. The lowest BCUT2D eigenvalue weighted by Gasteiger charge is -2.22. The molecule has 8 nitrogen and oxygen atoms in total. The van der Waals surface area contributed by atoms with Crippen LogP contribution in [0.5, 0.6) is 5.75 Å². The number of hydrogen-bond acceptors (Lipinski definition) is 6. The van der Waals surface area contributed by atoms with Crippen LogP contribution in [0.25, 0.3) is 0 Å². The van der Waals surface area contributed by atoms with Crippen molar-refractivity contribution in [3.05, 3.63) is 29.8 Å². The van der Waals surface area contributed by atoms with Gasteiger partial charge in [-0.15, -0.1) is 0 Å². The lowest BCUT2D eigenvalue weighted by atomic mass is 10.0. The molecule has 1 aliphatic heterocycles. The van der Waals surface area contributed by atoms with Crippen LogP contribution >= 0.6 is 0 Å². The molecule has 1 saturated heterocycles. The van der Waals surface area contributed by atoms with Crippen molar-refractivity contribution in [2.24, 2.45) is 5.92 Å². The van der Waals surface area contributed by atoms with Gasteiger partial charge in [-0.05, 0) is 24.5 Å². The standard InChI is InChI=1S/C19H24N2O6/c1-12(2)17(20-18(24)13-7-4-5-8-14(13)26-3)19(25)27-11-16(23)21-10-6-9-15(21)22/h4-5,7-8,12,17H,6,9-11H2,1-3H3,(H,20,24)/t17-/m0/s1. The van der Waals surface area contributed by atoms with Crippen molar-refractivity contribution in [3.63, 3.8) is 0 Å². The second kappa shape index (κ2) is 9.16. The van der Waals surface area contributed by atoms with E-state index in [2.05, 4.69) is 5.32 Å². The molecule has 0 aromatic heterocycles. The fourth-order valence-corrected chi connectivity index (χ4v) is 2.76. The van der Waals surface area contributed by atoms with E-state index in [9.17, 15) is 19.2 Å². The van der Waals surface area contributed by atoms with E-state index in [0.717, 1.165) is 4.90 Å². The third-order valence-electron chi connectivity index (χ3n) is 4.27. The molecule has 1 aliphatic rings. The quantitative estimate of drug-likeness (QED) is 0.716. The number of rotatable bonds is 7. The maximum absolute atomic E-state index is 12.5. The van der Waals surface area contributed by atoms with E-state index in [1.807, 2.05) is 0 Å². The highest BCUT2D eigenvalue weighted by molar-refractivity contribution is 6.00. The number of hydrogen-bond donors (Lipinski definition) is 1. The van der Waals surface area contributed by atoms with Crippen LogP contribution in [0, 0.1) is 5.92 Å². The molecule has 1 aromatic carbocycles. The fourth-order valence-electron chi connectivity index (χ4n) is 2.76. The van der Waals surface area contributed by atoms with Crippen LogP contribution in [0.15, 0.2) is 24.3 Å². The van der Waals surface area contributed by atoms with Gasteiger partial charge < -0.3 is 14.8 Å². The van der Waals surface area contributed by atoms with Gasteiger partial charge in [0.15, 0.2) is 6.61 Å². The monoisotopic (exact) mass is 376 g/mol. The normalized spacial score (nSPS) is 14.8. The first-order chi connectivity index (χ1) is 12.8. The summed E-state index contributed by atoms with van der Waals surface area (Å²) in [6.45, 7) is 3.31. The van der Waals surface area contributed by atoms with Crippen LogP contribution in [0.4, 0.5) is 0 Å². The van der Waals surface area contributed by atoms with Gasteiger partial charge in [0.25, 0.3) is 11.8 Å². The van der Waals surface area contributed by atoms with Gasteiger partial charge in [-0.25, -0.2) is 4.79 Å². The van der Waals surface area contributed by atoms with E-state index in [1.165, 1.54) is 7.11 Å². The van der Waals surface area contributed by atoms with Gasteiger partial charge in [0.05, 0.1) is 12.7 Å². The number of imide groups is 1. The van der Waals surface area contributed by atoms with Gasteiger partial charge in [0.1, 0.15) is 11.8 Å². The molecule has 3 amide bonds. The third kappa shape index (κ3) is 5.06. The zero-order valence-corrected chi connectivity index (χ0v) is 15.7. The summed E-state index contributed by atoms with van der Waals surface area (Å²) in [6.07, 6.45) is 0.936. The second-order valence-electron chi connectivity index (χ2n) is 6.55. The predicted molar refractivity (Wildman–Crippen MR) is 96.0 cm³/mol. The van der Waals surface area contributed by atoms with Crippen molar-refractivity contribution in [1.82, 2.24) is 10.2 Å². The molecule has 1 heterocycles. The Labute approximate surface area is 157 Å². The summed E-state index contributed by atoms with van der Waals surface area (Å²) in [5, 5.41) is 2.62. The number of carbonyl (C=O) groups excluding carboxylic acids is 4. The number of benzene rings is 1. The van der Waals surface area contributed by atoms with Gasteiger partial charge >= 0.3 is 5.97 Å².